The van der Waals surface area contributed by atoms with Gasteiger partial charge in [0, 0.05) is 19.5 Å². The summed E-state index contributed by atoms with van der Waals surface area (Å²) in [5.41, 5.74) is 0.847. The van der Waals surface area contributed by atoms with Crippen molar-refractivity contribution >= 4 is 0 Å². The summed E-state index contributed by atoms with van der Waals surface area (Å²) in [6, 6.07) is 0.0201. The van der Waals surface area contributed by atoms with Gasteiger partial charge in [0.25, 0.3) is 0 Å². The molecule has 0 bridgehead atoms. The first-order valence-corrected chi connectivity index (χ1v) is 7.92. The van der Waals surface area contributed by atoms with Gasteiger partial charge >= 0.3 is 0 Å². The molecule has 0 amide bonds. The van der Waals surface area contributed by atoms with Crippen molar-refractivity contribution in [1.29, 1.82) is 0 Å². The van der Waals surface area contributed by atoms with E-state index in [1.54, 1.807) is 26.6 Å². The molecule has 0 spiro atoms. The van der Waals surface area contributed by atoms with E-state index in [4.69, 9.17) is 9.47 Å². The second kappa shape index (κ2) is 8.29. The number of methoxy groups -OCH3 is 2. The molecule has 2 unspecified atom stereocenters. The summed E-state index contributed by atoms with van der Waals surface area (Å²) < 4.78 is 11.3. The Balaban J connectivity index is 2.26. The lowest BCUT2D eigenvalue weighted by molar-refractivity contribution is 0.00613. The molecule has 1 aliphatic carbocycles. The molecule has 118 valence electrons. The minimum Gasteiger partial charge on any atom is -0.480 e. The van der Waals surface area contributed by atoms with Crippen LogP contribution in [0.25, 0.3) is 0 Å². The van der Waals surface area contributed by atoms with Crippen molar-refractivity contribution < 1.29 is 9.47 Å². The fourth-order valence-electron chi connectivity index (χ4n) is 3.36. The van der Waals surface area contributed by atoms with Gasteiger partial charge in [-0.05, 0) is 25.3 Å². The minimum atomic E-state index is 0.0201. The largest absolute Gasteiger partial charge is 0.480 e. The first kappa shape index (κ1) is 16.2. The molecule has 1 heterocycles. The molecule has 2 rings (SSSR count). The highest BCUT2D eigenvalue weighted by Gasteiger charge is 2.34. The molecule has 21 heavy (non-hydrogen) atoms. The van der Waals surface area contributed by atoms with Gasteiger partial charge in [0.05, 0.1) is 19.3 Å². The number of nitrogens with one attached hydrogen (secondary N) is 1. The zero-order valence-corrected chi connectivity index (χ0v) is 13.3. The van der Waals surface area contributed by atoms with Crippen LogP contribution in [0.2, 0.25) is 0 Å². The number of ether oxygens (including phenoxy) is 2. The van der Waals surface area contributed by atoms with E-state index in [2.05, 4.69) is 22.2 Å². The van der Waals surface area contributed by atoms with E-state index in [1.165, 1.54) is 32.1 Å². The standard InChI is InChI=1S/C16H27N3O2/c1-4-17-13(14-16(21-3)19-11-10-18-14)15(20-2)12-8-6-5-7-9-12/h10-13,15,17H,4-9H2,1-3H3. The maximum Gasteiger partial charge on any atom is 0.237 e. The SMILES string of the molecule is CCNC(c1nccnc1OC)C(OC)C1CCCCC1. The summed E-state index contributed by atoms with van der Waals surface area (Å²) >= 11 is 0. The molecule has 0 aliphatic heterocycles. The Morgan fingerprint density at radius 1 is 1.19 bits per heavy atom. The van der Waals surface area contributed by atoms with Crippen LogP contribution in [0.4, 0.5) is 0 Å². The van der Waals surface area contributed by atoms with Crippen LogP contribution in [-0.4, -0.2) is 36.8 Å². The third kappa shape index (κ3) is 3.92. The Morgan fingerprint density at radius 2 is 1.90 bits per heavy atom. The molecule has 2 atom stereocenters. The average Bonchev–Trinajstić information content (AvgIpc) is 2.55. The Morgan fingerprint density at radius 3 is 2.52 bits per heavy atom. The molecule has 0 radical (unpaired) electrons. The molecule has 0 saturated heterocycles. The van der Waals surface area contributed by atoms with E-state index in [-0.39, 0.29) is 12.1 Å². The third-order valence-corrected chi connectivity index (χ3v) is 4.32. The van der Waals surface area contributed by atoms with Crippen LogP contribution < -0.4 is 10.1 Å². The van der Waals surface area contributed by atoms with Gasteiger partial charge in [0.2, 0.25) is 5.88 Å². The molecule has 0 aromatic carbocycles. The summed E-state index contributed by atoms with van der Waals surface area (Å²) in [6.45, 7) is 2.96. The van der Waals surface area contributed by atoms with E-state index in [1.807, 2.05) is 0 Å². The zero-order chi connectivity index (χ0) is 15.1. The van der Waals surface area contributed by atoms with Crippen LogP contribution in [-0.2, 0) is 4.74 Å². The quantitative estimate of drug-likeness (QED) is 0.837. The van der Waals surface area contributed by atoms with E-state index >= 15 is 0 Å². The zero-order valence-electron chi connectivity index (χ0n) is 13.3. The van der Waals surface area contributed by atoms with Crippen molar-refractivity contribution in [2.24, 2.45) is 5.92 Å². The van der Waals surface area contributed by atoms with Gasteiger partial charge in [-0.2, -0.15) is 0 Å². The number of aromatic nitrogens is 2. The summed E-state index contributed by atoms with van der Waals surface area (Å²) in [5.74, 6) is 1.15. The lowest BCUT2D eigenvalue weighted by Crippen LogP contribution is -2.39. The predicted molar refractivity (Wildman–Crippen MR) is 82.4 cm³/mol. The smallest absolute Gasteiger partial charge is 0.237 e. The van der Waals surface area contributed by atoms with Crippen molar-refractivity contribution in [1.82, 2.24) is 15.3 Å². The van der Waals surface area contributed by atoms with Crippen LogP contribution >= 0.6 is 0 Å². The van der Waals surface area contributed by atoms with Gasteiger partial charge in [-0.1, -0.05) is 26.2 Å². The molecule has 1 fully saturated rings. The topological polar surface area (TPSA) is 56.3 Å². The highest BCUT2D eigenvalue weighted by atomic mass is 16.5. The summed E-state index contributed by atoms with van der Waals surface area (Å²) in [6.07, 6.45) is 9.86. The van der Waals surface area contributed by atoms with Gasteiger partial charge in [0.15, 0.2) is 0 Å². The molecule has 1 saturated carbocycles. The highest BCUT2D eigenvalue weighted by molar-refractivity contribution is 5.22. The van der Waals surface area contributed by atoms with Crippen molar-refractivity contribution in [2.45, 2.75) is 51.2 Å². The molecule has 5 heteroatoms. The van der Waals surface area contributed by atoms with Crippen LogP contribution in [0, 0.1) is 5.92 Å². The van der Waals surface area contributed by atoms with Gasteiger partial charge in [0.1, 0.15) is 5.69 Å². The van der Waals surface area contributed by atoms with Crippen molar-refractivity contribution in [3.8, 4) is 5.88 Å². The molecule has 1 aromatic rings. The summed E-state index contributed by atoms with van der Waals surface area (Å²) in [7, 11) is 3.44. The fourth-order valence-corrected chi connectivity index (χ4v) is 3.36. The lowest BCUT2D eigenvalue weighted by Gasteiger charge is -2.35. The number of hydrogen-bond donors (Lipinski definition) is 1. The first-order valence-electron chi connectivity index (χ1n) is 7.92. The highest BCUT2D eigenvalue weighted by Crippen LogP contribution is 2.35. The second-order valence-electron chi connectivity index (χ2n) is 5.58. The molecule has 1 aliphatic rings. The monoisotopic (exact) mass is 293 g/mol. The third-order valence-electron chi connectivity index (χ3n) is 4.32. The van der Waals surface area contributed by atoms with Crippen molar-refractivity contribution in [3.63, 3.8) is 0 Å². The predicted octanol–water partition coefficient (Wildman–Crippen LogP) is 2.73. The van der Waals surface area contributed by atoms with E-state index < -0.39 is 0 Å². The van der Waals surface area contributed by atoms with Crippen LogP contribution in [0.3, 0.4) is 0 Å². The minimum absolute atomic E-state index is 0.0201. The van der Waals surface area contributed by atoms with Gasteiger partial charge in [-0.3, -0.25) is 4.98 Å². The summed E-state index contributed by atoms with van der Waals surface area (Å²) in [5, 5.41) is 3.51. The molecular weight excluding hydrogens is 266 g/mol. The van der Waals surface area contributed by atoms with E-state index in [0.29, 0.717) is 11.8 Å². The average molecular weight is 293 g/mol. The fraction of sp³-hybridized carbons (Fsp3) is 0.750. The molecule has 1 N–H and O–H groups in total. The number of rotatable bonds is 7. The van der Waals surface area contributed by atoms with Crippen LogP contribution in [0.5, 0.6) is 5.88 Å². The van der Waals surface area contributed by atoms with E-state index in [9.17, 15) is 0 Å². The van der Waals surface area contributed by atoms with Gasteiger partial charge in [-0.25, -0.2) is 4.98 Å². The van der Waals surface area contributed by atoms with Crippen molar-refractivity contribution in [3.05, 3.63) is 18.1 Å². The summed E-state index contributed by atoms with van der Waals surface area (Å²) in [4.78, 5) is 8.78. The number of hydrogen-bond acceptors (Lipinski definition) is 5. The normalized spacial score (nSPS) is 19.2. The second-order valence-corrected chi connectivity index (χ2v) is 5.58. The Labute approximate surface area is 127 Å². The lowest BCUT2D eigenvalue weighted by atomic mass is 9.81. The van der Waals surface area contributed by atoms with Crippen molar-refractivity contribution in [2.75, 3.05) is 20.8 Å². The molecular formula is C16H27N3O2. The van der Waals surface area contributed by atoms with Crippen LogP contribution in [0.1, 0.15) is 50.8 Å². The van der Waals surface area contributed by atoms with E-state index in [0.717, 1.165) is 12.2 Å². The molecule has 1 aromatic heterocycles. The van der Waals surface area contributed by atoms with Gasteiger partial charge in [-0.15, -0.1) is 0 Å². The van der Waals surface area contributed by atoms with Crippen LogP contribution in [0.15, 0.2) is 12.4 Å². The van der Waals surface area contributed by atoms with Gasteiger partial charge < -0.3 is 14.8 Å². The maximum atomic E-state index is 5.87. The first-order chi connectivity index (χ1) is 10.3. The molecule has 5 nitrogen and oxygen atoms in total. The Bertz CT molecular complexity index is 422. The Kier molecular flexibility index (Phi) is 6.39. The Hall–Kier alpha value is -1.20. The maximum absolute atomic E-state index is 5.87. The number of likely N-dealkylation sites (N-methyl/N-ethyl adjacent to an activating group) is 1. The number of nitrogens with zero attached hydrogens (tertiary/aromatic N) is 2.